The lowest BCUT2D eigenvalue weighted by atomic mass is 10.2. The Morgan fingerprint density at radius 3 is 3.00 bits per heavy atom. The fourth-order valence-corrected chi connectivity index (χ4v) is 3.53. The fourth-order valence-electron chi connectivity index (χ4n) is 3.17. The SMILES string of the molecule is Cc1ncc(Br)c(C(=O)N2CCC[C@H]2c2nc3ccccc3[nH]2)n1. The smallest absolute Gasteiger partial charge is 0.274 e. The molecule has 1 atom stereocenters. The molecule has 122 valence electrons. The van der Waals surface area contributed by atoms with Gasteiger partial charge in [-0.15, -0.1) is 0 Å². The lowest BCUT2D eigenvalue weighted by Crippen LogP contribution is -2.32. The van der Waals surface area contributed by atoms with E-state index in [1.165, 1.54) is 0 Å². The number of aromatic nitrogens is 4. The Labute approximate surface area is 147 Å². The molecule has 1 amide bonds. The van der Waals surface area contributed by atoms with Crippen LogP contribution in [-0.2, 0) is 0 Å². The van der Waals surface area contributed by atoms with Crippen molar-refractivity contribution in [1.82, 2.24) is 24.8 Å². The van der Waals surface area contributed by atoms with E-state index in [2.05, 4.69) is 35.9 Å². The van der Waals surface area contributed by atoms with Crippen molar-refractivity contribution in [3.8, 4) is 0 Å². The third-order valence-corrected chi connectivity index (χ3v) is 4.88. The molecule has 4 rings (SSSR count). The maximum absolute atomic E-state index is 13.0. The number of imidazole rings is 1. The molecule has 1 aliphatic rings. The van der Waals surface area contributed by atoms with Gasteiger partial charge in [-0.2, -0.15) is 0 Å². The summed E-state index contributed by atoms with van der Waals surface area (Å²) in [6.45, 7) is 2.49. The number of rotatable bonds is 2. The van der Waals surface area contributed by atoms with E-state index in [0.717, 1.165) is 29.7 Å². The van der Waals surface area contributed by atoms with Crippen molar-refractivity contribution in [3.05, 3.63) is 52.3 Å². The van der Waals surface area contributed by atoms with Gasteiger partial charge in [-0.1, -0.05) is 12.1 Å². The molecular formula is C17H16BrN5O. The summed E-state index contributed by atoms with van der Waals surface area (Å²) in [4.78, 5) is 31.3. The van der Waals surface area contributed by atoms with Gasteiger partial charge in [0.25, 0.3) is 5.91 Å². The third-order valence-electron chi connectivity index (χ3n) is 4.30. The topological polar surface area (TPSA) is 74.8 Å². The number of halogens is 1. The van der Waals surface area contributed by atoms with Crippen LogP contribution in [0.1, 0.15) is 41.0 Å². The van der Waals surface area contributed by atoms with Crippen LogP contribution in [0.5, 0.6) is 0 Å². The Balaban J connectivity index is 1.69. The lowest BCUT2D eigenvalue weighted by molar-refractivity contribution is 0.0723. The summed E-state index contributed by atoms with van der Waals surface area (Å²) in [7, 11) is 0. The molecule has 0 spiro atoms. The summed E-state index contributed by atoms with van der Waals surface area (Å²) < 4.78 is 0.619. The number of carbonyl (C=O) groups excluding carboxylic acids is 1. The largest absolute Gasteiger partial charge is 0.340 e. The van der Waals surface area contributed by atoms with Gasteiger partial charge in [-0.25, -0.2) is 15.0 Å². The van der Waals surface area contributed by atoms with Crippen LogP contribution < -0.4 is 0 Å². The Bertz CT molecular complexity index is 889. The first kappa shape index (κ1) is 15.3. The van der Waals surface area contributed by atoms with E-state index >= 15 is 0 Å². The predicted octanol–water partition coefficient (Wildman–Crippen LogP) is 3.40. The lowest BCUT2D eigenvalue weighted by Gasteiger charge is -2.23. The predicted molar refractivity (Wildman–Crippen MR) is 93.6 cm³/mol. The number of benzene rings is 1. The fraction of sp³-hybridized carbons (Fsp3) is 0.294. The summed E-state index contributed by atoms with van der Waals surface area (Å²) in [6, 6.07) is 7.86. The molecule has 0 aliphatic carbocycles. The van der Waals surface area contributed by atoms with Gasteiger partial charge in [0.15, 0.2) is 0 Å². The molecule has 3 heterocycles. The van der Waals surface area contributed by atoms with Crippen LogP contribution in [0.25, 0.3) is 11.0 Å². The van der Waals surface area contributed by atoms with Crippen molar-refractivity contribution in [2.24, 2.45) is 0 Å². The van der Waals surface area contributed by atoms with Crippen LogP contribution in [-0.4, -0.2) is 37.3 Å². The first-order chi connectivity index (χ1) is 11.6. The summed E-state index contributed by atoms with van der Waals surface area (Å²) >= 11 is 3.39. The van der Waals surface area contributed by atoms with Crippen molar-refractivity contribution in [2.75, 3.05) is 6.54 Å². The first-order valence-electron chi connectivity index (χ1n) is 7.88. The van der Waals surface area contributed by atoms with E-state index in [-0.39, 0.29) is 11.9 Å². The maximum Gasteiger partial charge on any atom is 0.274 e. The zero-order chi connectivity index (χ0) is 16.7. The molecule has 1 N–H and O–H groups in total. The normalized spacial score (nSPS) is 17.6. The molecule has 0 radical (unpaired) electrons. The van der Waals surface area contributed by atoms with Crippen LogP contribution in [0, 0.1) is 6.92 Å². The van der Waals surface area contributed by atoms with E-state index in [9.17, 15) is 4.79 Å². The van der Waals surface area contributed by atoms with Crippen LogP contribution in [0.3, 0.4) is 0 Å². The molecule has 7 heteroatoms. The molecule has 1 aliphatic heterocycles. The second kappa shape index (κ2) is 5.98. The van der Waals surface area contributed by atoms with Crippen molar-refractivity contribution in [2.45, 2.75) is 25.8 Å². The number of fused-ring (bicyclic) bond motifs is 1. The Morgan fingerprint density at radius 1 is 1.33 bits per heavy atom. The van der Waals surface area contributed by atoms with Crippen molar-refractivity contribution >= 4 is 32.9 Å². The number of H-pyrrole nitrogens is 1. The quantitative estimate of drug-likeness (QED) is 0.733. The van der Waals surface area contributed by atoms with Gasteiger partial charge < -0.3 is 9.88 Å². The molecular weight excluding hydrogens is 370 g/mol. The highest BCUT2D eigenvalue weighted by molar-refractivity contribution is 9.10. The second-order valence-corrected chi connectivity index (χ2v) is 6.76. The third kappa shape index (κ3) is 2.58. The molecule has 6 nitrogen and oxygen atoms in total. The number of amides is 1. The standard InChI is InChI=1S/C17H16BrN5O/c1-10-19-9-11(18)15(20-10)17(24)23-8-4-7-14(23)16-21-12-5-2-3-6-13(12)22-16/h2-3,5-6,9,14H,4,7-8H2,1H3,(H,21,22)/t14-/m0/s1. The van der Waals surface area contributed by atoms with E-state index < -0.39 is 0 Å². The minimum atomic E-state index is -0.0877. The zero-order valence-electron chi connectivity index (χ0n) is 13.2. The van der Waals surface area contributed by atoms with Crippen LogP contribution in [0.4, 0.5) is 0 Å². The van der Waals surface area contributed by atoms with Crippen molar-refractivity contribution in [3.63, 3.8) is 0 Å². The van der Waals surface area contributed by atoms with Crippen LogP contribution in [0.15, 0.2) is 34.9 Å². The molecule has 0 saturated carbocycles. The van der Waals surface area contributed by atoms with Gasteiger partial charge >= 0.3 is 0 Å². The number of aryl methyl sites for hydroxylation is 1. The number of hydrogen-bond acceptors (Lipinski definition) is 4. The van der Waals surface area contributed by atoms with Crippen LogP contribution >= 0.6 is 15.9 Å². The molecule has 0 bridgehead atoms. The first-order valence-corrected chi connectivity index (χ1v) is 8.67. The average Bonchev–Trinajstić information content (AvgIpc) is 3.22. The van der Waals surface area contributed by atoms with Gasteiger partial charge in [-0.05, 0) is 47.8 Å². The van der Waals surface area contributed by atoms with E-state index in [1.807, 2.05) is 29.2 Å². The molecule has 3 aromatic rings. The van der Waals surface area contributed by atoms with Gasteiger partial charge in [0, 0.05) is 12.7 Å². The number of para-hydroxylation sites is 2. The highest BCUT2D eigenvalue weighted by Gasteiger charge is 2.34. The second-order valence-electron chi connectivity index (χ2n) is 5.91. The molecule has 24 heavy (non-hydrogen) atoms. The Hall–Kier alpha value is -2.28. The molecule has 2 aromatic heterocycles. The van der Waals surface area contributed by atoms with Gasteiger partial charge in [-0.3, -0.25) is 4.79 Å². The average molecular weight is 386 g/mol. The summed E-state index contributed by atoms with van der Waals surface area (Å²) in [5.74, 6) is 1.33. The Morgan fingerprint density at radius 2 is 2.17 bits per heavy atom. The van der Waals surface area contributed by atoms with Crippen molar-refractivity contribution in [1.29, 1.82) is 0 Å². The molecule has 0 unspecified atom stereocenters. The monoisotopic (exact) mass is 385 g/mol. The summed E-state index contributed by atoms with van der Waals surface area (Å²) in [6.07, 6.45) is 3.48. The highest BCUT2D eigenvalue weighted by Crippen LogP contribution is 2.33. The minimum absolute atomic E-state index is 0.0490. The van der Waals surface area contributed by atoms with Gasteiger partial charge in [0.2, 0.25) is 0 Å². The van der Waals surface area contributed by atoms with Crippen LogP contribution in [0.2, 0.25) is 0 Å². The van der Waals surface area contributed by atoms with Crippen molar-refractivity contribution < 1.29 is 4.79 Å². The van der Waals surface area contributed by atoms with E-state index in [4.69, 9.17) is 0 Å². The summed E-state index contributed by atoms with van der Waals surface area (Å²) in [5, 5.41) is 0. The number of carbonyl (C=O) groups is 1. The number of hydrogen-bond donors (Lipinski definition) is 1. The zero-order valence-corrected chi connectivity index (χ0v) is 14.7. The molecule has 1 aromatic carbocycles. The number of nitrogens with zero attached hydrogens (tertiary/aromatic N) is 4. The number of aromatic amines is 1. The van der Waals surface area contributed by atoms with Gasteiger partial charge in [0.1, 0.15) is 17.3 Å². The van der Waals surface area contributed by atoms with E-state index in [0.29, 0.717) is 22.5 Å². The Kier molecular flexibility index (Phi) is 3.80. The van der Waals surface area contributed by atoms with E-state index in [1.54, 1.807) is 13.1 Å². The maximum atomic E-state index is 13.0. The van der Waals surface area contributed by atoms with Gasteiger partial charge in [0.05, 0.1) is 21.5 Å². The number of likely N-dealkylation sites (tertiary alicyclic amines) is 1. The molecule has 1 fully saturated rings. The minimum Gasteiger partial charge on any atom is -0.340 e. The molecule has 1 saturated heterocycles. The number of nitrogens with one attached hydrogen (secondary N) is 1. The highest BCUT2D eigenvalue weighted by atomic mass is 79.9. The summed E-state index contributed by atoms with van der Waals surface area (Å²) in [5.41, 5.74) is 2.32.